The van der Waals surface area contributed by atoms with Crippen LogP contribution in [-0.4, -0.2) is 0 Å². The predicted molar refractivity (Wildman–Crippen MR) is 73.8 cm³/mol. The fourth-order valence-corrected chi connectivity index (χ4v) is 4.81. The highest BCUT2D eigenvalue weighted by Gasteiger charge is 2.41. The fourth-order valence-electron chi connectivity index (χ4n) is 4.81. The van der Waals surface area contributed by atoms with E-state index in [2.05, 4.69) is 13.8 Å². The molecule has 0 heteroatoms. The molecule has 0 spiro atoms. The molecular formula is C17H30. The maximum Gasteiger partial charge on any atom is -0.0357 e. The first kappa shape index (κ1) is 12.1. The van der Waals surface area contributed by atoms with Gasteiger partial charge in [-0.05, 0) is 80.5 Å². The Labute approximate surface area is 108 Å². The molecule has 98 valence electrons. The predicted octanol–water partition coefficient (Wildman–Crippen LogP) is 5.28. The van der Waals surface area contributed by atoms with Gasteiger partial charge in [0.25, 0.3) is 0 Å². The van der Waals surface area contributed by atoms with E-state index in [4.69, 9.17) is 0 Å². The van der Waals surface area contributed by atoms with Crippen molar-refractivity contribution in [3.63, 3.8) is 0 Å². The smallest absolute Gasteiger partial charge is 0.0357 e. The van der Waals surface area contributed by atoms with Crippen LogP contribution in [0.1, 0.15) is 71.6 Å². The number of rotatable bonds is 2. The van der Waals surface area contributed by atoms with E-state index in [1.54, 1.807) is 44.9 Å². The molecule has 2 unspecified atom stereocenters. The van der Waals surface area contributed by atoms with E-state index in [0.717, 1.165) is 35.5 Å². The molecule has 3 rings (SSSR count). The molecule has 3 saturated carbocycles. The van der Waals surface area contributed by atoms with Gasteiger partial charge < -0.3 is 0 Å². The molecule has 2 atom stereocenters. The minimum absolute atomic E-state index is 1.02. The van der Waals surface area contributed by atoms with Crippen molar-refractivity contribution in [2.45, 2.75) is 71.6 Å². The van der Waals surface area contributed by atoms with Crippen LogP contribution in [0, 0.1) is 35.5 Å². The summed E-state index contributed by atoms with van der Waals surface area (Å²) >= 11 is 0. The van der Waals surface area contributed by atoms with E-state index in [1.807, 2.05) is 0 Å². The van der Waals surface area contributed by atoms with Gasteiger partial charge in [-0.15, -0.1) is 0 Å². The maximum absolute atomic E-state index is 2.46. The second kappa shape index (κ2) is 4.94. The lowest BCUT2D eigenvalue weighted by Gasteiger charge is -2.37. The van der Waals surface area contributed by atoms with Crippen molar-refractivity contribution in [2.75, 3.05) is 0 Å². The molecule has 3 aliphatic carbocycles. The molecule has 0 heterocycles. The van der Waals surface area contributed by atoms with Crippen LogP contribution in [0.2, 0.25) is 0 Å². The Morgan fingerprint density at radius 2 is 1.00 bits per heavy atom. The van der Waals surface area contributed by atoms with E-state index in [1.165, 1.54) is 12.8 Å². The molecule has 0 saturated heterocycles. The van der Waals surface area contributed by atoms with E-state index < -0.39 is 0 Å². The van der Waals surface area contributed by atoms with Crippen LogP contribution in [0.25, 0.3) is 0 Å². The third-order valence-electron chi connectivity index (χ3n) is 6.32. The lowest BCUT2D eigenvalue weighted by molar-refractivity contribution is 0.142. The van der Waals surface area contributed by atoms with E-state index in [-0.39, 0.29) is 0 Å². The molecule has 0 N–H and O–H groups in total. The summed E-state index contributed by atoms with van der Waals surface area (Å²) in [5.74, 6) is 6.60. The summed E-state index contributed by atoms with van der Waals surface area (Å²) in [6.45, 7) is 4.90. The highest BCUT2D eigenvalue weighted by Crippen LogP contribution is 2.51. The van der Waals surface area contributed by atoms with Crippen LogP contribution in [0.4, 0.5) is 0 Å². The molecule has 0 nitrogen and oxygen atoms in total. The van der Waals surface area contributed by atoms with Gasteiger partial charge >= 0.3 is 0 Å². The van der Waals surface area contributed by atoms with Crippen LogP contribution >= 0.6 is 0 Å². The standard InChI is InChI=1S/C17H30/c1-12-3-5-14(6-4-12)15-7-9-16(10-8-15)17-11-13(17)2/h12-17H,3-11H2,1-2H3. The average Bonchev–Trinajstić information content (AvgIpc) is 3.08. The number of hydrogen-bond donors (Lipinski definition) is 0. The summed E-state index contributed by atoms with van der Waals surface area (Å²) < 4.78 is 0. The molecule has 0 amide bonds. The average molecular weight is 234 g/mol. The van der Waals surface area contributed by atoms with Crippen molar-refractivity contribution in [1.29, 1.82) is 0 Å². The molecule has 3 aliphatic rings. The molecule has 0 bridgehead atoms. The zero-order valence-corrected chi connectivity index (χ0v) is 11.8. The Morgan fingerprint density at radius 3 is 1.47 bits per heavy atom. The topological polar surface area (TPSA) is 0 Å². The fraction of sp³-hybridized carbons (Fsp3) is 1.00. The molecule has 0 aromatic carbocycles. The molecule has 0 aromatic rings. The van der Waals surface area contributed by atoms with Crippen LogP contribution in [0.5, 0.6) is 0 Å². The second-order valence-corrected chi connectivity index (χ2v) is 7.57. The monoisotopic (exact) mass is 234 g/mol. The summed E-state index contributed by atoms with van der Waals surface area (Å²) in [5.41, 5.74) is 0. The van der Waals surface area contributed by atoms with Gasteiger partial charge in [0.15, 0.2) is 0 Å². The van der Waals surface area contributed by atoms with Crippen molar-refractivity contribution in [3.05, 3.63) is 0 Å². The van der Waals surface area contributed by atoms with Gasteiger partial charge in [-0.2, -0.15) is 0 Å². The van der Waals surface area contributed by atoms with Gasteiger partial charge in [-0.3, -0.25) is 0 Å². The van der Waals surface area contributed by atoms with Gasteiger partial charge in [0.2, 0.25) is 0 Å². The van der Waals surface area contributed by atoms with E-state index in [9.17, 15) is 0 Å². The van der Waals surface area contributed by atoms with Crippen molar-refractivity contribution in [2.24, 2.45) is 35.5 Å². The first-order valence-corrected chi connectivity index (χ1v) is 8.24. The first-order chi connectivity index (χ1) is 8.24. The molecular weight excluding hydrogens is 204 g/mol. The van der Waals surface area contributed by atoms with Crippen LogP contribution in [-0.2, 0) is 0 Å². The van der Waals surface area contributed by atoms with Crippen molar-refractivity contribution < 1.29 is 0 Å². The van der Waals surface area contributed by atoms with Crippen molar-refractivity contribution in [3.8, 4) is 0 Å². The lowest BCUT2D eigenvalue weighted by atomic mass is 9.68. The highest BCUT2D eigenvalue weighted by molar-refractivity contribution is 4.91. The normalized spacial score (nSPS) is 51.2. The Balaban J connectivity index is 1.45. The maximum atomic E-state index is 2.46. The summed E-state index contributed by atoms with van der Waals surface area (Å²) in [5, 5.41) is 0. The first-order valence-electron chi connectivity index (χ1n) is 8.24. The number of hydrogen-bond acceptors (Lipinski definition) is 0. The highest BCUT2D eigenvalue weighted by atomic mass is 14.5. The summed E-state index contributed by atoms with van der Waals surface area (Å²) in [6, 6.07) is 0. The van der Waals surface area contributed by atoms with Crippen LogP contribution < -0.4 is 0 Å². The van der Waals surface area contributed by atoms with Crippen LogP contribution in [0.3, 0.4) is 0 Å². The molecule has 0 aromatic heterocycles. The second-order valence-electron chi connectivity index (χ2n) is 7.57. The summed E-state index contributed by atoms with van der Waals surface area (Å²) in [4.78, 5) is 0. The minimum Gasteiger partial charge on any atom is -0.0625 e. The third-order valence-corrected chi connectivity index (χ3v) is 6.32. The Hall–Kier alpha value is 0. The van der Waals surface area contributed by atoms with Gasteiger partial charge in [0.1, 0.15) is 0 Å². The largest absolute Gasteiger partial charge is 0.0625 e. The van der Waals surface area contributed by atoms with E-state index in [0.29, 0.717) is 0 Å². The Bertz CT molecular complexity index is 241. The quantitative estimate of drug-likeness (QED) is 0.610. The summed E-state index contributed by atoms with van der Waals surface area (Å²) in [7, 11) is 0. The van der Waals surface area contributed by atoms with Crippen LogP contribution in [0.15, 0.2) is 0 Å². The van der Waals surface area contributed by atoms with Crippen molar-refractivity contribution >= 4 is 0 Å². The molecule has 0 aliphatic heterocycles. The van der Waals surface area contributed by atoms with Gasteiger partial charge in [0, 0.05) is 0 Å². The third kappa shape index (κ3) is 2.71. The Morgan fingerprint density at radius 1 is 0.588 bits per heavy atom. The minimum atomic E-state index is 1.02. The van der Waals surface area contributed by atoms with Crippen molar-refractivity contribution in [1.82, 2.24) is 0 Å². The molecule has 17 heavy (non-hydrogen) atoms. The van der Waals surface area contributed by atoms with E-state index >= 15 is 0 Å². The van der Waals surface area contributed by atoms with Gasteiger partial charge in [-0.1, -0.05) is 26.7 Å². The SMILES string of the molecule is CC1CCC(C2CCC(C3CC3C)CC2)CC1. The lowest BCUT2D eigenvalue weighted by Crippen LogP contribution is -2.25. The molecule has 3 fully saturated rings. The summed E-state index contributed by atoms with van der Waals surface area (Å²) in [6.07, 6.45) is 14.0. The van der Waals surface area contributed by atoms with Gasteiger partial charge in [-0.25, -0.2) is 0 Å². The van der Waals surface area contributed by atoms with Gasteiger partial charge in [0.05, 0.1) is 0 Å². The zero-order chi connectivity index (χ0) is 11.8. The molecule has 0 radical (unpaired) electrons. The Kier molecular flexibility index (Phi) is 3.50. The zero-order valence-electron chi connectivity index (χ0n) is 11.8.